The van der Waals surface area contributed by atoms with Crippen LogP contribution in [-0.2, 0) is 0 Å². The summed E-state index contributed by atoms with van der Waals surface area (Å²) >= 11 is 3.00. The number of aryl methyl sites for hydroxylation is 1. The maximum Gasteiger partial charge on any atom is 0.163 e. The van der Waals surface area contributed by atoms with Gasteiger partial charge in [0.25, 0.3) is 0 Å². The molecule has 26 heavy (non-hydrogen) atoms. The minimum Gasteiger partial charge on any atom is -0.344 e. The molecule has 1 N–H and O–H groups in total. The molecule has 0 amide bonds. The van der Waals surface area contributed by atoms with Crippen LogP contribution in [0.5, 0.6) is 0 Å². The van der Waals surface area contributed by atoms with E-state index in [1.54, 1.807) is 29.5 Å². The van der Waals surface area contributed by atoms with Gasteiger partial charge in [-0.05, 0) is 30.0 Å². The van der Waals surface area contributed by atoms with Crippen molar-refractivity contribution in [3.8, 4) is 18.2 Å². The fourth-order valence-corrected chi connectivity index (χ4v) is 4.24. The molecule has 0 aliphatic heterocycles. The summed E-state index contributed by atoms with van der Waals surface area (Å²) in [5.41, 5.74) is 1.39. The van der Waals surface area contributed by atoms with E-state index in [-0.39, 0.29) is 11.3 Å². The van der Waals surface area contributed by atoms with Crippen LogP contribution in [0.1, 0.15) is 5.56 Å². The van der Waals surface area contributed by atoms with Crippen molar-refractivity contribution in [2.75, 3.05) is 5.32 Å². The lowest BCUT2D eigenvalue weighted by Gasteiger charge is -2.11. The molecule has 0 atom stereocenters. The van der Waals surface area contributed by atoms with Crippen molar-refractivity contribution < 1.29 is 0 Å². The number of nitrogens with one attached hydrogen (secondary N) is 1. The predicted octanol–water partition coefficient (Wildman–Crippen LogP) is 4.39. The van der Waals surface area contributed by atoms with Gasteiger partial charge < -0.3 is 5.32 Å². The first-order valence-electron chi connectivity index (χ1n) is 7.35. The van der Waals surface area contributed by atoms with Crippen LogP contribution in [0.25, 0.3) is 10.2 Å². The van der Waals surface area contributed by atoms with Gasteiger partial charge in [0, 0.05) is 10.3 Å². The largest absolute Gasteiger partial charge is 0.344 e. The summed E-state index contributed by atoms with van der Waals surface area (Å²) in [5, 5.41) is 34.0. The Morgan fingerprint density at radius 3 is 2.62 bits per heavy atom. The Morgan fingerprint density at radius 1 is 1.12 bits per heavy atom. The number of hydrogen-bond donors (Lipinski definition) is 1. The minimum absolute atomic E-state index is 0.0809. The first-order valence-corrected chi connectivity index (χ1v) is 9.04. The van der Waals surface area contributed by atoms with Gasteiger partial charge in [-0.2, -0.15) is 15.8 Å². The maximum atomic E-state index is 9.25. The van der Waals surface area contributed by atoms with Crippen LogP contribution in [0, 0.1) is 40.9 Å². The third kappa shape index (κ3) is 3.36. The summed E-state index contributed by atoms with van der Waals surface area (Å²) in [6.45, 7) is 2.01. The van der Waals surface area contributed by atoms with Crippen molar-refractivity contribution >= 4 is 39.0 Å². The van der Waals surface area contributed by atoms with Crippen LogP contribution in [0.15, 0.2) is 57.2 Å². The quantitative estimate of drug-likeness (QED) is 0.533. The molecule has 2 heterocycles. The van der Waals surface area contributed by atoms with E-state index in [1.165, 1.54) is 18.1 Å². The number of aromatic nitrogens is 2. The van der Waals surface area contributed by atoms with Crippen LogP contribution in [0.3, 0.4) is 0 Å². The molecule has 0 fully saturated rings. The van der Waals surface area contributed by atoms with Crippen LogP contribution in [-0.4, -0.2) is 9.97 Å². The van der Waals surface area contributed by atoms with E-state index in [1.807, 2.05) is 36.6 Å². The fraction of sp³-hybridized carbons (Fsp3) is 0.0556. The molecule has 0 aliphatic carbocycles. The number of hydrogen-bond acceptors (Lipinski definition) is 8. The van der Waals surface area contributed by atoms with E-state index >= 15 is 0 Å². The number of nitrogens with zero attached hydrogens (tertiary/aromatic N) is 5. The predicted molar refractivity (Wildman–Crippen MR) is 100 cm³/mol. The summed E-state index contributed by atoms with van der Waals surface area (Å²) in [6.07, 6.45) is 1.53. The summed E-state index contributed by atoms with van der Waals surface area (Å²) < 4.78 is 0. The maximum absolute atomic E-state index is 9.25. The molecule has 0 radical (unpaired) electrons. The van der Waals surface area contributed by atoms with Crippen molar-refractivity contribution in [2.45, 2.75) is 16.8 Å². The zero-order chi connectivity index (χ0) is 18.5. The highest BCUT2D eigenvalue weighted by molar-refractivity contribution is 7.99. The zero-order valence-corrected chi connectivity index (χ0v) is 15.1. The third-order valence-corrected chi connectivity index (χ3v) is 5.54. The molecule has 0 unspecified atom stereocenters. The van der Waals surface area contributed by atoms with E-state index in [2.05, 4.69) is 15.3 Å². The Hall–Kier alpha value is -3.38. The monoisotopic (exact) mass is 374 g/mol. The Balaban J connectivity index is 2.02. The number of fused-ring (bicyclic) bond motifs is 1. The van der Waals surface area contributed by atoms with E-state index in [0.717, 1.165) is 25.7 Å². The highest BCUT2D eigenvalue weighted by Crippen LogP contribution is 2.38. The second kappa shape index (κ2) is 7.67. The van der Waals surface area contributed by atoms with Gasteiger partial charge in [0.05, 0.1) is 5.69 Å². The van der Waals surface area contributed by atoms with E-state index in [9.17, 15) is 5.26 Å². The smallest absolute Gasteiger partial charge is 0.163 e. The number of para-hydroxylation sites is 1. The molecular formula is C18H10N6S2. The van der Waals surface area contributed by atoms with Crippen LogP contribution in [0.4, 0.5) is 5.69 Å². The third-order valence-electron chi connectivity index (χ3n) is 3.46. The standard InChI is InChI=1S/C18H10N6S2/c1-11-9-25-17-16(11)18(23-10-22-17)26-15-5-3-2-4-13(15)24-14(8-21)12(6-19)7-20/h2-5,9-10,24H,1H3. The average Bonchev–Trinajstić information content (AvgIpc) is 3.05. The lowest BCUT2D eigenvalue weighted by molar-refractivity contribution is 1.10. The fourth-order valence-electron chi connectivity index (χ4n) is 2.24. The van der Waals surface area contributed by atoms with E-state index in [0.29, 0.717) is 5.69 Å². The molecule has 8 heteroatoms. The highest BCUT2D eigenvalue weighted by Gasteiger charge is 2.14. The Morgan fingerprint density at radius 2 is 1.88 bits per heavy atom. The van der Waals surface area contributed by atoms with E-state index in [4.69, 9.17) is 10.5 Å². The molecule has 0 saturated carbocycles. The first kappa shape index (κ1) is 17.4. The molecule has 1 aromatic carbocycles. The minimum atomic E-state index is -0.259. The highest BCUT2D eigenvalue weighted by atomic mass is 32.2. The van der Waals surface area contributed by atoms with Gasteiger partial charge in [-0.3, -0.25) is 0 Å². The van der Waals surface area contributed by atoms with Gasteiger partial charge in [-0.1, -0.05) is 23.9 Å². The molecule has 3 rings (SSSR count). The Bertz CT molecular complexity index is 1120. The van der Waals surface area contributed by atoms with Crippen LogP contribution in [0.2, 0.25) is 0 Å². The Labute approximate surface area is 158 Å². The molecule has 0 bridgehead atoms. The van der Waals surface area contributed by atoms with Crippen molar-refractivity contribution in [3.63, 3.8) is 0 Å². The first-order chi connectivity index (χ1) is 12.7. The van der Waals surface area contributed by atoms with Gasteiger partial charge >= 0.3 is 0 Å². The molecule has 124 valence electrons. The summed E-state index contributed by atoms with van der Waals surface area (Å²) in [6, 6.07) is 12.7. The molecule has 3 aromatic rings. The van der Waals surface area contributed by atoms with Gasteiger partial charge in [-0.15, -0.1) is 11.3 Å². The number of rotatable bonds is 4. The van der Waals surface area contributed by atoms with Crippen LogP contribution >= 0.6 is 23.1 Å². The number of benzene rings is 1. The lowest BCUT2D eigenvalue weighted by atomic mass is 10.2. The second-order valence-corrected chi connectivity index (χ2v) is 6.98. The lowest BCUT2D eigenvalue weighted by Crippen LogP contribution is -2.01. The van der Waals surface area contributed by atoms with Crippen LogP contribution < -0.4 is 5.32 Å². The van der Waals surface area contributed by atoms with Crippen molar-refractivity contribution in [1.82, 2.24) is 9.97 Å². The van der Waals surface area contributed by atoms with Crippen molar-refractivity contribution in [3.05, 3.63) is 52.8 Å². The number of thiophene rings is 1. The van der Waals surface area contributed by atoms with Gasteiger partial charge in [0.15, 0.2) is 5.57 Å². The normalized spacial score (nSPS) is 9.77. The van der Waals surface area contributed by atoms with Gasteiger partial charge in [-0.25, -0.2) is 9.97 Å². The molecule has 0 aliphatic rings. The zero-order valence-electron chi connectivity index (χ0n) is 13.5. The Kier molecular flexibility index (Phi) is 5.15. The van der Waals surface area contributed by atoms with Crippen molar-refractivity contribution in [2.24, 2.45) is 0 Å². The summed E-state index contributed by atoms with van der Waals surface area (Å²) in [4.78, 5) is 10.4. The SMILES string of the molecule is Cc1csc2ncnc(Sc3ccccc3NC(C#N)=C(C#N)C#N)c12. The van der Waals surface area contributed by atoms with E-state index < -0.39 is 0 Å². The van der Waals surface area contributed by atoms with Gasteiger partial charge in [0.1, 0.15) is 40.1 Å². The topological polar surface area (TPSA) is 109 Å². The average molecular weight is 374 g/mol. The summed E-state index contributed by atoms with van der Waals surface area (Å²) in [7, 11) is 0. The second-order valence-electron chi connectivity index (χ2n) is 5.09. The van der Waals surface area contributed by atoms with Gasteiger partial charge in [0.2, 0.25) is 0 Å². The number of nitriles is 3. The molecule has 0 spiro atoms. The molecule has 6 nitrogen and oxygen atoms in total. The number of anilines is 1. The van der Waals surface area contributed by atoms with Crippen molar-refractivity contribution in [1.29, 1.82) is 15.8 Å². The number of allylic oxidation sites excluding steroid dienone is 2. The molecular weight excluding hydrogens is 364 g/mol. The molecule has 2 aromatic heterocycles. The summed E-state index contributed by atoms with van der Waals surface area (Å²) in [5.74, 6) is 0. The molecule has 0 saturated heterocycles.